The van der Waals surface area contributed by atoms with Crippen LogP contribution in [0.5, 0.6) is 0 Å². The van der Waals surface area contributed by atoms with Crippen LogP contribution in [0.3, 0.4) is 0 Å². The van der Waals surface area contributed by atoms with E-state index in [2.05, 4.69) is 37.9 Å². The SMILES string of the molecule is CCCc1nc(C)c(C(=O)NC)n1Cc1ccc2oc(-c3ccccc3C(=O)NS(=O)(=O)c3ccccc3)c(Br)c2c1. The molecule has 0 atom stereocenters. The zero-order chi connectivity index (χ0) is 30.0. The summed E-state index contributed by atoms with van der Waals surface area (Å²) in [4.78, 5) is 30.5. The van der Waals surface area contributed by atoms with Crippen molar-refractivity contribution >= 4 is 48.7 Å². The van der Waals surface area contributed by atoms with Crippen molar-refractivity contribution in [3.05, 3.63) is 106 Å². The molecular weight excluding hydrogens is 620 g/mol. The van der Waals surface area contributed by atoms with Gasteiger partial charge in [-0.1, -0.05) is 49.4 Å². The Labute approximate surface area is 252 Å². The molecule has 5 rings (SSSR count). The molecule has 0 aliphatic heterocycles. The third-order valence-corrected chi connectivity index (χ3v) is 9.00. The average molecular weight is 650 g/mol. The number of nitrogens with zero attached hydrogens (tertiary/aromatic N) is 2. The molecule has 0 aliphatic rings. The maximum absolute atomic E-state index is 13.2. The largest absolute Gasteiger partial charge is 0.455 e. The molecule has 2 heterocycles. The highest BCUT2D eigenvalue weighted by Crippen LogP contribution is 2.39. The fourth-order valence-electron chi connectivity index (χ4n) is 4.90. The molecule has 0 radical (unpaired) electrons. The molecule has 0 aliphatic carbocycles. The summed E-state index contributed by atoms with van der Waals surface area (Å²) in [5.41, 5.74) is 3.28. The number of aryl methyl sites for hydroxylation is 2. The van der Waals surface area contributed by atoms with Crippen molar-refractivity contribution in [2.75, 3.05) is 7.05 Å². The summed E-state index contributed by atoms with van der Waals surface area (Å²) in [6.07, 6.45) is 1.62. The van der Waals surface area contributed by atoms with Crippen LogP contribution in [-0.4, -0.2) is 36.8 Å². The maximum atomic E-state index is 13.2. The molecule has 2 amide bonds. The van der Waals surface area contributed by atoms with Crippen LogP contribution >= 0.6 is 15.9 Å². The standard InChI is InChI=1S/C31H29BrN4O5S/c1-4-10-26-34-19(2)28(31(38)33-3)36(26)18-20-15-16-25-24(17-20)27(32)29(41-25)22-13-8-9-14-23(22)30(37)35-42(39,40)21-11-6-5-7-12-21/h5-9,11-17H,4,10,18H2,1-3H3,(H,33,38)(H,35,37). The van der Waals surface area contributed by atoms with Gasteiger partial charge in [0, 0.05) is 31.0 Å². The molecule has 9 nitrogen and oxygen atoms in total. The highest BCUT2D eigenvalue weighted by molar-refractivity contribution is 9.10. The molecule has 0 saturated carbocycles. The van der Waals surface area contributed by atoms with Gasteiger partial charge in [-0.3, -0.25) is 9.59 Å². The predicted octanol–water partition coefficient (Wildman–Crippen LogP) is 5.85. The Morgan fingerprint density at radius 3 is 2.43 bits per heavy atom. The molecule has 2 N–H and O–H groups in total. The minimum Gasteiger partial charge on any atom is -0.455 e. The van der Waals surface area contributed by atoms with E-state index in [0.717, 1.165) is 29.6 Å². The van der Waals surface area contributed by atoms with Gasteiger partial charge in [0.1, 0.15) is 22.9 Å². The van der Waals surface area contributed by atoms with Crippen LogP contribution in [0.4, 0.5) is 0 Å². The van der Waals surface area contributed by atoms with Gasteiger partial charge in [-0.2, -0.15) is 0 Å². The van der Waals surface area contributed by atoms with E-state index in [1.54, 1.807) is 49.5 Å². The molecule has 216 valence electrons. The number of fused-ring (bicyclic) bond motifs is 1. The highest BCUT2D eigenvalue weighted by atomic mass is 79.9. The lowest BCUT2D eigenvalue weighted by molar-refractivity contribution is 0.0951. The van der Waals surface area contributed by atoms with Gasteiger partial charge in [-0.05, 0) is 65.2 Å². The predicted molar refractivity (Wildman–Crippen MR) is 164 cm³/mol. The Hall–Kier alpha value is -4.22. The van der Waals surface area contributed by atoms with Gasteiger partial charge in [0.15, 0.2) is 0 Å². The molecular formula is C31H29BrN4O5S. The molecule has 0 bridgehead atoms. The summed E-state index contributed by atoms with van der Waals surface area (Å²) >= 11 is 3.65. The number of carbonyl (C=O) groups excluding carboxylic acids is 2. The first kappa shape index (κ1) is 29.3. The lowest BCUT2D eigenvalue weighted by atomic mass is 10.0. The van der Waals surface area contributed by atoms with Crippen molar-refractivity contribution in [3.8, 4) is 11.3 Å². The summed E-state index contributed by atoms with van der Waals surface area (Å²) in [5, 5.41) is 3.48. The topological polar surface area (TPSA) is 123 Å². The van der Waals surface area contributed by atoms with E-state index in [0.29, 0.717) is 39.3 Å². The lowest BCUT2D eigenvalue weighted by Crippen LogP contribution is -2.30. The van der Waals surface area contributed by atoms with Crippen molar-refractivity contribution in [2.45, 2.75) is 38.1 Å². The first-order chi connectivity index (χ1) is 20.1. The second-order valence-corrected chi connectivity index (χ2v) is 12.2. The average Bonchev–Trinajstić information content (AvgIpc) is 3.48. The van der Waals surface area contributed by atoms with E-state index in [4.69, 9.17) is 4.42 Å². The van der Waals surface area contributed by atoms with Crippen molar-refractivity contribution in [1.82, 2.24) is 19.6 Å². The number of amides is 2. The Balaban J connectivity index is 1.51. The van der Waals surface area contributed by atoms with E-state index in [1.165, 1.54) is 12.1 Å². The molecule has 3 aromatic carbocycles. The van der Waals surface area contributed by atoms with Gasteiger partial charge in [0.2, 0.25) is 0 Å². The van der Waals surface area contributed by atoms with E-state index >= 15 is 0 Å². The smallest absolute Gasteiger partial charge is 0.269 e. The van der Waals surface area contributed by atoms with Crippen LogP contribution in [0, 0.1) is 6.92 Å². The zero-order valence-electron chi connectivity index (χ0n) is 23.3. The molecule has 0 spiro atoms. The van der Waals surface area contributed by atoms with Crippen LogP contribution in [0.1, 0.15) is 51.3 Å². The highest BCUT2D eigenvalue weighted by Gasteiger charge is 2.25. The number of aromatic nitrogens is 2. The second kappa shape index (κ2) is 11.9. The van der Waals surface area contributed by atoms with Crippen molar-refractivity contribution in [2.24, 2.45) is 0 Å². The Kier molecular flexibility index (Phi) is 8.33. The van der Waals surface area contributed by atoms with Crippen molar-refractivity contribution < 1.29 is 22.4 Å². The number of hydrogen-bond donors (Lipinski definition) is 2. The molecule has 5 aromatic rings. The Bertz CT molecular complexity index is 1910. The summed E-state index contributed by atoms with van der Waals surface area (Å²) in [6.45, 7) is 4.33. The van der Waals surface area contributed by atoms with Gasteiger partial charge < -0.3 is 14.3 Å². The number of hydrogen-bond acceptors (Lipinski definition) is 6. The third kappa shape index (κ3) is 5.62. The second-order valence-electron chi connectivity index (χ2n) is 9.75. The molecule has 0 unspecified atom stereocenters. The van der Waals surface area contributed by atoms with E-state index in [1.807, 2.05) is 29.7 Å². The van der Waals surface area contributed by atoms with Gasteiger partial charge in [0.05, 0.1) is 20.6 Å². The lowest BCUT2D eigenvalue weighted by Gasteiger charge is -2.12. The summed E-state index contributed by atoms with van der Waals surface area (Å²) in [6, 6.07) is 20.1. The maximum Gasteiger partial charge on any atom is 0.269 e. The first-order valence-corrected chi connectivity index (χ1v) is 15.6. The zero-order valence-corrected chi connectivity index (χ0v) is 25.7. The Morgan fingerprint density at radius 1 is 1.00 bits per heavy atom. The number of sulfonamides is 1. The quantitative estimate of drug-likeness (QED) is 0.207. The minimum atomic E-state index is -4.07. The van der Waals surface area contributed by atoms with Gasteiger partial charge in [-0.25, -0.2) is 18.1 Å². The van der Waals surface area contributed by atoms with Crippen LogP contribution in [0.15, 0.2) is 86.6 Å². The van der Waals surface area contributed by atoms with Gasteiger partial charge >= 0.3 is 0 Å². The van der Waals surface area contributed by atoms with Crippen LogP contribution in [-0.2, 0) is 23.0 Å². The molecule has 0 saturated heterocycles. The molecule has 11 heteroatoms. The minimum absolute atomic E-state index is 0.0111. The normalized spacial score (nSPS) is 11.5. The summed E-state index contributed by atoms with van der Waals surface area (Å²) in [7, 11) is -2.47. The number of carbonyl (C=O) groups is 2. The molecule has 42 heavy (non-hydrogen) atoms. The number of imidazole rings is 1. The van der Waals surface area contributed by atoms with E-state index in [-0.39, 0.29) is 16.4 Å². The van der Waals surface area contributed by atoms with Crippen molar-refractivity contribution in [3.63, 3.8) is 0 Å². The monoisotopic (exact) mass is 648 g/mol. The van der Waals surface area contributed by atoms with Crippen molar-refractivity contribution in [1.29, 1.82) is 0 Å². The number of furan rings is 1. The van der Waals surface area contributed by atoms with E-state index in [9.17, 15) is 18.0 Å². The van der Waals surface area contributed by atoms with Crippen LogP contribution < -0.4 is 10.0 Å². The number of nitrogens with one attached hydrogen (secondary N) is 2. The van der Waals surface area contributed by atoms with Gasteiger partial charge in [0.25, 0.3) is 21.8 Å². The number of halogens is 1. The fourth-order valence-corrected chi connectivity index (χ4v) is 6.50. The Morgan fingerprint density at radius 2 is 1.71 bits per heavy atom. The van der Waals surface area contributed by atoms with E-state index < -0.39 is 15.9 Å². The molecule has 2 aromatic heterocycles. The van der Waals surface area contributed by atoms with Crippen LogP contribution in [0.25, 0.3) is 22.3 Å². The summed E-state index contributed by atoms with van der Waals surface area (Å²) in [5.74, 6) is 0.259. The van der Waals surface area contributed by atoms with Gasteiger partial charge in [-0.15, -0.1) is 0 Å². The number of benzene rings is 3. The fraction of sp³-hybridized carbons (Fsp3) is 0.194. The third-order valence-electron chi connectivity index (χ3n) is 6.87. The first-order valence-electron chi connectivity index (χ1n) is 13.3. The summed E-state index contributed by atoms with van der Waals surface area (Å²) < 4.78 is 36.5. The van der Waals surface area contributed by atoms with Crippen LogP contribution in [0.2, 0.25) is 0 Å². The molecule has 0 fully saturated rings. The number of rotatable bonds is 9.